The summed E-state index contributed by atoms with van der Waals surface area (Å²) in [7, 11) is 0. The molecule has 0 rings (SSSR count). The van der Waals surface area contributed by atoms with Crippen LogP contribution in [0.2, 0.25) is 12.3 Å². The first-order valence-corrected chi connectivity index (χ1v) is 20.0. The second-order valence-corrected chi connectivity index (χ2v) is 20.4. The molecule has 0 aliphatic carbocycles. The van der Waals surface area contributed by atoms with E-state index in [9.17, 15) is 4.79 Å². The SMILES string of the molecule is CCCCC(CC)C[C](CC(CC)CCCC)(C(=O)OS)[SnH]([CH2]CCC)[CH2]CCC. The third kappa shape index (κ3) is 11.0. The maximum absolute atomic E-state index is 13.6. The molecule has 0 aromatic rings. The minimum absolute atomic E-state index is 0.0590. The zero-order valence-electron chi connectivity index (χ0n) is 21.3. The molecule has 0 aliphatic rings. The first kappa shape index (κ1) is 30.6. The number of unbranched alkanes of at least 4 members (excludes halogenated alkanes) is 4. The molecule has 30 heavy (non-hydrogen) atoms. The third-order valence-corrected chi connectivity index (χ3v) is 20.4. The van der Waals surface area contributed by atoms with Gasteiger partial charge in [0.15, 0.2) is 0 Å². The molecular formula is C26H54O2SSn. The van der Waals surface area contributed by atoms with Crippen LogP contribution in [-0.4, -0.2) is 25.7 Å². The van der Waals surface area contributed by atoms with Gasteiger partial charge in [-0.1, -0.05) is 0 Å². The summed E-state index contributed by atoms with van der Waals surface area (Å²) in [5.41, 5.74) is 0. The fourth-order valence-corrected chi connectivity index (χ4v) is 19.9. The Balaban J connectivity index is 6.11. The van der Waals surface area contributed by atoms with Crippen molar-refractivity contribution in [2.75, 3.05) is 0 Å². The van der Waals surface area contributed by atoms with Gasteiger partial charge < -0.3 is 0 Å². The molecule has 2 atom stereocenters. The maximum atomic E-state index is 13.6. The standard InChI is InChI=1S/C18H35O2S.2C4H9.Sn.H/c1-5-9-11-15(7-3)13-17(18(19)20-21)14-16(8-4)12-10-6-2;2*1-3-4-2;;/h15-16,21H,5-14H2,1-4H3;2*1,3-4H2,2H3;;. The summed E-state index contributed by atoms with van der Waals surface area (Å²) in [5, 5.41) is 0. The van der Waals surface area contributed by atoms with Crippen LogP contribution in [0, 0.1) is 11.8 Å². The molecule has 0 aliphatic heterocycles. The van der Waals surface area contributed by atoms with Gasteiger partial charge in [0.1, 0.15) is 0 Å². The zero-order valence-corrected chi connectivity index (χ0v) is 25.5. The summed E-state index contributed by atoms with van der Waals surface area (Å²) in [4.78, 5) is 13.6. The van der Waals surface area contributed by atoms with Crippen LogP contribution in [-0.2, 0) is 8.98 Å². The summed E-state index contributed by atoms with van der Waals surface area (Å²) in [6.07, 6.45) is 17.2. The van der Waals surface area contributed by atoms with Crippen molar-refractivity contribution >= 4 is 38.6 Å². The molecular weight excluding hydrogens is 495 g/mol. The van der Waals surface area contributed by atoms with Gasteiger partial charge in [0.25, 0.3) is 0 Å². The Bertz CT molecular complexity index is 390. The van der Waals surface area contributed by atoms with E-state index in [1.54, 1.807) is 0 Å². The van der Waals surface area contributed by atoms with Crippen LogP contribution in [0.4, 0.5) is 0 Å². The van der Waals surface area contributed by atoms with Gasteiger partial charge in [0, 0.05) is 0 Å². The molecule has 0 fully saturated rings. The van der Waals surface area contributed by atoms with E-state index in [1.165, 1.54) is 85.9 Å². The van der Waals surface area contributed by atoms with Crippen molar-refractivity contribution in [3.63, 3.8) is 0 Å². The quantitative estimate of drug-likeness (QED) is 0.0931. The van der Waals surface area contributed by atoms with Crippen LogP contribution in [0.15, 0.2) is 0 Å². The van der Waals surface area contributed by atoms with Crippen molar-refractivity contribution in [2.45, 2.75) is 144 Å². The van der Waals surface area contributed by atoms with Gasteiger partial charge in [0.05, 0.1) is 0 Å². The van der Waals surface area contributed by atoms with E-state index >= 15 is 0 Å². The van der Waals surface area contributed by atoms with Crippen molar-refractivity contribution in [2.24, 2.45) is 11.8 Å². The van der Waals surface area contributed by atoms with E-state index in [1.807, 2.05) is 0 Å². The van der Waals surface area contributed by atoms with E-state index in [-0.39, 0.29) is 9.40 Å². The predicted molar refractivity (Wildman–Crippen MR) is 140 cm³/mol. The average molecular weight is 549 g/mol. The fourth-order valence-electron chi connectivity index (χ4n) is 5.36. The molecule has 2 nitrogen and oxygen atoms in total. The van der Waals surface area contributed by atoms with E-state index in [0.29, 0.717) is 11.8 Å². The second kappa shape index (κ2) is 19.1. The molecule has 2 unspecified atom stereocenters. The average Bonchev–Trinajstić information content (AvgIpc) is 2.77. The minimum atomic E-state index is -2.22. The molecule has 0 aromatic carbocycles. The van der Waals surface area contributed by atoms with Crippen LogP contribution in [0.3, 0.4) is 0 Å². The number of carbonyl (C=O) groups excluding carboxylic acids is 1. The predicted octanol–water partition coefficient (Wildman–Crippen LogP) is 9.16. The summed E-state index contributed by atoms with van der Waals surface area (Å²) >= 11 is 1.89. The normalized spacial score (nSPS) is 15.7. The molecule has 0 radical (unpaired) electrons. The molecule has 4 heteroatoms. The number of carbonyl (C=O) groups is 1. The van der Waals surface area contributed by atoms with Crippen LogP contribution in [0.1, 0.15) is 131 Å². The Kier molecular flexibility index (Phi) is 19.5. The van der Waals surface area contributed by atoms with E-state index < -0.39 is 19.8 Å². The summed E-state index contributed by atoms with van der Waals surface area (Å²) in [6, 6.07) is 0. The summed E-state index contributed by atoms with van der Waals surface area (Å²) in [5.74, 6) is 1.37. The molecule has 0 bridgehead atoms. The zero-order chi connectivity index (χ0) is 22.8. The van der Waals surface area contributed by atoms with Crippen molar-refractivity contribution in [3.8, 4) is 0 Å². The molecule has 0 saturated carbocycles. The Morgan fingerprint density at radius 1 is 0.767 bits per heavy atom. The van der Waals surface area contributed by atoms with Crippen molar-refractivity contribution in [1.82, 2.24) is 0 Å². The molecule has 0 N–H and O–H groups in total. The third-order valence-electron chi connectivity index (χ3n) is 7.48. The van der Waals surface area contributed by atoms with Crippen LogP contribution >= 0.6 is 12.9 Å². The number of thiol groups is 1. The van der Waals surface area contributed by atoms with E-state index in [4.69, 9.17) is 4.18 Å². The molecule has 0 spiro atoms. The van der Waals surface area contributed by atoms with Gasteiger partial charge in [-0.25, -0.2) is 0 Å². The van der Waals surface area contributed by atoms with Gasteiger partial charge in [-0.05, 0) is 0 Å². The van der Waals surface area contributed by atoms with E-state index in [2.05, 4.69) is 54.5 Å². The Labute approximate surface area is 202 Å². The molecule has 0 amide bonds. The van der Waals surface area contributed by atoms with E-state index in [0.717, 1.165) is 12.8 Å². The Morgan fingerprint density at radius 2 is 1.17 bits per heavy atom. The summed E-state index contributed by atoms with van der Waals surface area (Å²) in [6.45, 7) is 13.8. The number of hydrogen-bond donors (Lipinski definition) is 1. The first-order chi connectivity index (χ1) is 14.5. The molecule has 0 heterocycles. The number of rotatable bonds is 20. The van der Waals surface area contributed by atoms with Crippen molar-refractivity contribution < 1.29 is 8.98 Å². The van der Waals surface area contributed by atoms with Gasteiger partial charge >= 0.3 is 203 Å². The second-order valence-electron chi connectivity index (χ2n) is 9.76. The molecule has 180 valence electrons. The Morgan fingerprint density at radius 3 is 1.47 bits per heavy atom. The van der Waals surface area contributed by atoms with Gasteiger partial charge in [0.2, 0.25) is 0 Å². The summed E-state index contributed by atoms with van der Waals surface area (Å²) < 4.78 is 7.92. The van der Waals surface area contributed by atoms with Crippen LogP contribution in [0.5, 0.6) is 0 Å². The van der Waals surface area contributed by atoms with Crippen LogP contribution < -0.4 is 0 Å². The first-order valence-electron chi connectivity index (χ1n) is 13.3. The van der Waals surface area contributed by atoms with Crippen LogP contribution in [0.25, 0.3) is 0 Å². The van der Waals surface area contributed by atoms with Gasteiger partial charge in [-0.3, -0.25) is 0 Å². The topological polar surface area (TPSA) is 26.3 Å². The van der Waals surface area contributed by atoms with Crippen molar-refractivity contribution in [3.05, 3.63) is 0 Å². The monoisotopic (exact) mass is 550 g/mol. The Hall–Kier alpha value is 0.619. The number of hydrogen-bond acceptors (Lipinski definition) is 3. The molecule has 0 saturated heterocycles. The van der Waals surface area contributed by atoms with Gasteiger partial charge in [-0.15, -0.1) is 0 Å². The molecule has 0 aromatic heterocycles. The fraction of sp³-hybridized carbons (Fsp3) is 0.962. The van der Waals surface area contributed by atoms with Crippen molar-refractivity contribution in [1.29, 1.82) is 0 Å². The van der Waals surface area contributed by atoms with Gasteiger partial charge in [-0.2, -0.15) is 0 Å².